The molecule has 136 valence electrons. The zero-order valence-electron chi connectivity index (χ0n) is 13.9. The highest BCUT2D eigenvalue weighted by Crippen LogP contribution is 2.23. The van der Waals surface area contributed by atoms with Crippen molar-refractivity contribution >= 4 is 51.2 Å². The van der Waals surface area contributed by atoms with Crippen molar-refractivity contribution in [1.82, 2.24) is 5.43 Å². The van der Waals surface area contributed by atoms with E-state index >= 15 is 0 Å². The van der Waals surface area contributed by atoms with Gasteiger partial charge in [-0.15, -0.1) is 0 Å². The van der Waals surface area contributed by atoms with Crippen LogP contribution in [0.25, 0.3) is 0 Å². The molecule has 0 aromatic heterocycles. The van der Waals surface area contributed by atoms with E-state index in [1.165, 1.54) is 12.3 Å². The number of amides is 2. The molecule has 0 aliphatic rings. The Kier molecular flexibility index (Phi) is 7.17. The molecule has 3 N–H and O–H groups in total. The number of nitrogens with zero attached hydrogens (tertiary/aromatic N) is 1. The molecule has 0 atom stereocenters. The van der Waals surface area contributed by atoms with Crippen molar-refractivity contribution < 1.29 is 14.7 Å². The molecule has 0 spiro atoms. The van der Waals surface area contributed by atoms with E-state index in [2.05, 4.69) is 31.8 Å². The van der Waals surface area contributed by atoms with Crippen molar-refractivity contribution in [3.63, 3.8) is 0 Å². The Morgan fingerprint density at radius 3 is 2.62 bits per heavy atom. The molecule has 26 heavy (non-hydrogen) atoms. The average Bonchev–Trinajstić information content (AvgIpc) is 2.59. The lowest BCUT2D eigenvalue weighted by Crippen LogP contribution is -2.20. The van der Waals surface area contributed by atoms with E-state index in [1.807, 2.05) is 6.92 Å². The standard InChI is InChI=1S/C18H17BrClN3O3/c1-11-2-4-13(9-15(11)20)22-17(25)6-7-18(26)23-21-10-12-3-5-16(24)14(19)8-12/h2-5,8-10,24H,6-7H2,1H3,(H,22,25)(H,23,26)/b21-10+. The van der Waals surface area contributed by atoms with Crippen LogP contribution in [0, 0.1) is 6.92 Å². The minimum absolute atomic E-state index is 0.00202. The van der Waals surface area contributed by atoms with Crippen molar-refractivity contribution in [2.75, 3.05) is 5.32 Å². The molecule has 0 heterocycles. The number of benzene rings is 2. The van der Waals surface area contributed by atoms with Crippen LogP contribution in [0.5, 0.6) is 5.75 Å². The number of anilines is 1. The van der Waals surface area contributed by atoms with Gasteiger partial charge in [0.2, 0.25) is 11.8 Å². The van der Waals surface area contributed by atoms with Crippen LogP contribution in [0.15, 0.2) is 46.0 Å². The van der Waals surface area contributed by atoms with Gasteiger partial charge < -0.3 is 10.4 Å². The van der Waals surface area contributed by atoms with E-state index in [1.54, 1.807) is 30.3 Å². The molecule has 0 aliphatic carbocycles. The van der Waals surface area contributed by atoms with Gasteiger partial charge in [-0.2, -0.15) is 5.10 Å². The molecular weight excluding hydrogens is 422 g/mol. The first kappa shape index (κ1) is 19.9. The third-order valence-corrected chi connectivity index (χ3v) is 4.45. The first-order chi connectivity index (χ1) is 12.3. The molecule has 0 bridgehead atoms. The number of rotatable bonds is 6. The molecule has 0 fully saturated rings. The maximum Gasteiger partial charge on any atom is 0.240 e. The predicted octanol–water partition coefficient (Wildman–Crippen LogP) is 3.99. The molecule has 0 aliphatic heterocycles. The highest BCUT2D eigenvalue weighted by atomic mass is 79.9. The number of hydrogen-bond donors (Lipinski definition) is 3. The van der Waals surface area contributed by atoms with Crippen LogP contribution in [0.2, 0.25) is 5.02 Å². The lowest BCUT2D eigenvalue weighted by Gasteiger charge is -2.06. The molecule has 6 nitrogen and oxygen atoms in total. The van der Waals surface area contributed by atoms with Crippen LogP contribution in [0.1, 0.15) is 24.0 Å². The zero-order valence-corrected chi connectivity index (χ0v) is 16.3. The minimum atomic E-state index is -0.379. The monoisotopic (exact) mass is 437 g/mol. The van der Waals surface area contributed by atoms with Gasteiger partial charge in [-0.25, -0.2) is 5.43 Å². The van der Waals surface area contributed by atoms with E-state index in [0.29, 0.717) is 20.7 Å². The van der Waals surface area contributed by atoms with Crippen LogP contribution >= 0.6 is 27.5 Å². The molecule has 0 unspecified atom stereocenters. The number of aromatic hydroxyl groups is 1. The number of nitrogens with one attached hydrogen (secondary N) is 2. The second kappa shape index (κ2) is 9.35. The smallest absolute Gasteiger partial charge is 0.240 e. The van der Waals surface area contributed by atoms with Gasteiger partial charge >= 0.3 is 0 Å². The highest BCUT2D eigenvalue weighted by Gasteiger charge is 2.07. The summed E-state index contributed by atoms with van der Waals surface area (Å²) in [6.07, 6.45) is 1.47. The number of carbonyl (C=O) groups is 2. The molecule has 2 aromatic rings. The quantitative estimate of drug-likeness (QED) is 0.470. The molecular formula is C18H17BrClN3O3. The number of aryl methyl sites for hydroxylation is 1. The Labute approximate surface area is 164 Å². The number of halogens is 2. The van der Waals surface area contributed by atoms with Crippen molar-refractivity contribution in [3.05, 3.63) is 57.0 Å². The number of phenols is 1. The summed E-state index contributed by atoms with van der Waals surface area (Å²) in [4.78, 5) is 23.6. The number of phenolic OH excluding ortho intramolecular Hbond substituents is 1. The predicted molar refractivity (Wildman–Crippen MR) is 106 cm³/mol. The summed E-state index contributed by atoms with van der Waals surface area (Å²) < 4.78 is 0.528. The molecule has 2 amide bonds. The van der Waals surface area contributed by atoms with Crippen molar-refractivity contribution in [2.24, 2.45) is 5.10 Å². The second-order valence-electron chi connectivity index (χ2n) is 5.52. The van der Waals surface area contributed by atoms with E-state index in [0.717, 1.165) is 5.56 Å². The Hall–Kier alpha value is -2.38. The van der Waals surface area contributed by atoms with Crippen LogP contribution in [0.3, 0.4) is 0 Å². The summed E-state index contributed by atoms with van der Waals surface area (Å²) in [6, 6.07) is 10.0. The Balaban J connectivity index is 1.77. The fourth-order valence-corrected chi connectivity index (χ4v) is 2.54. The number of hydrazone groups is 1. The SMILES string of the molecule is Cc1ccc(NC(=O)CCC(=O)N/N=C/c2ccc(O)c(Br)c2)cc1Cl. The summed E-state index contributed by atoms with van der Waals surface area (Å²) in [5.41, 5.74) is 4.55. The summed E-state index contributed by atoms with van der Waals surface area (Å²) in [6.45, 7) is 1.87. The molecule has 0 saturated carbocycles. The van der Waals surface area contributed by atoms with Crippen LogP contribution in [-0.4, -0.2) is 23.1 Å². The first-order valence-electron chi connectivity index (χ1n) is 7.71. The summed E-state index contributed by atoms with van der Waals surface area (Å²) in [7, 11) is 0. The van der Waals surface area contributed by atoms with Crippen LogP contribution in [0.4, 0.5) is 5.69 Å². The topological polar surface area (TPSA) is 90.8 Å². The van der Waals surface area contributed by atoms with E-state index in [9.17, 15) is 14.7 Å². The van der Waals surface area contributed by atoms with E-state index in [-0.39, 0.29) is 30.4 Å². The van der Waals surface area contributed by atoms with Gasteiger partial charge in [0.05, 0.1) is 10.7 Å². The Bertz CT molecular complexity index is 856. The number of carbonyl (C=O) groups excluding carboxylic acids is 2. The van der Waals surface area contributed by atoms with Gasteiger partial charge in [-0.3, -0.25) is 9.59 Å². The lowest BCUT2D eigenvalue weighted by molar-refractivity contribution is -0.124. The van der Waals surface area contributed by atoms with E-state index in [4.69, 9.17) is 11.6 Å². The molecule has 2 aromatic carbocycles. The Morgan fingerprint density at radius 2 is 1.92 bits per heavy atom. The molecule has 8 heteroatoms. The van der Waals surface area contributed by atoms with Gasteiger partial charge in [-0.05, 0) is 64.3 Å². The second-order valence-corrected chi connectivity index (χ2v) is 6.78. The van der Waals surface area contributed by atoms with Crippen molar-refractivity contribution in [3.8, 4) is 5.75 Å². The van der Waals surface area contributed by atoms with Gasteiger partial charge in [0.1, 0.15) is 5.75 Å². The fraction of sp³-hybridized carbons (Fsp3) is 0.167. The van der Waals surface area contributed by atoms with Crippen molar-refractivity contribution in [2.45, 2.75) is 19.8 Å². The minimum Gasteiger partial charge on any atom is -0.507 e. The maximum atomic E-state index is 11.9. The highest BCUT2D eigenvalue weighted by molar-refractivity contribution is 9.10. The normalized spacial score (nSPS) is 10.7. The van der Waals surface area contributed by atoms with Gasteiger partial charge in [0.15, 0.2) is 0 Å². The Morgan fingerprint density at radius 1 is 1.19 bits per heavy atom. The zero-order chi connectivity index (χ0) is 19.1. The largest absolute Gasteiger partial charge is 0.507 e. The summed E-state index contributed by atoms with van der Waals surface area (Å²) in [5.74, 6) is -0.547. The van der Waals surface area contributed by atoms with Gasteiger partial charge in [0.25, 0.3) is 0 Å². The lowest BCUT2D eigenvalue weighted by atomic mass is 10.2. The van der Waals surface area contributed by atoms with Gasteiger partial charge in [-0.1, -0.05) is 17.7 Å². The number of hydrogen-bond acceptors (Lipinski definition) is 4. The third kappa shape index (κ3) is 6.16. The van der Waals surface area contributed by atoms with Crippen LogP contribution in [-0.2, 0) is 9.59 Å². The molecule has 2 rings (SSSR count). The van der Waals surface area contributed by atoms with Crippen LogP contribution < -0.4 is 10.7 Å². The first-order valence-corrected chi connectivity index (χ1v) is 8.88. The van der Waals surface area contributed by atoms with Crippen molar-refractivity contribution in [1.29, 1.82) is 0 Å². The summed E-state index contributed by atoms with van der Waals surface area (Å²) in [5, 5.41) is 16.5. The average molecular weight is 439 g/mol. The fourth-order valence-electron chi connectivity index (χ4n) is 1.96. The molecule has 0 radical (unpaired) electrons. The summed E-state index contributed by atoms with van der Waals surface area (Å²) >= 11 is 9.19. The van der Waals surface area contributed by atoms with E-state index < -0.39 is 0 Å². The third-order valence-electron chi connectivity index (χ3n) is 3.41. The maximum absolute atomic E-state index is 11.9. The van der Waals surface area contributed by atoms with Gasteiger partial charge in [0, 0.05) is 23.6 Å². The molecule has 0 saturated heterocycles.